The van der Waals surface area contributed by atoms with Crippen LogP contribution in [-0.2, 0) is 0 Å². The topological polar surface area (TPSA) is 93.8 Å². The minimum Gasteiger partial charge on any atom is -0.497 e. The fourth-order valence-corrected chi connectivity index (χ4v) is 1.68. The van der Waals surface area contributed by atoms with Crippen LogP contribution < -0.4 is 10.2 Å². The number of benzene rings is 2. The molecular formula is C15H13N3O4. The van der Waals surface area contributed by atoms with Crippen LogP contribution in [0.3, 0.4) is 0 Å². The lowest BCUT2D eigenvalue weighted by atomic mass is 10.2. The molecule has 2 aromatic carbocycles. The number of nitrogens with one attached hydrogen (secondary N) is 1. The lowest BCUT2D eigenvalue weighted by Crippen LogP contribution is -2.17. The van der Waals surface area contributed by atoms with E-state index >= 15 is 0 Å². The number of carbonyl (C=O) groups is 1. The normalized spacial score (nSPS) is 10.4. The number of non-ortho nitro benzene ring substituents is 1. The van der Waals surface area contributed by atoms with E-state index in [1.165, 1.54) is 25.5 Å². The van der Waals surface area contributed by atoms with Gasteiger partial charge in [0.1, 0.15) is 5.75 Å². The Hall–Kier alpha value is -3.22. The molecule has 112 valence electrons. The second-order valence-electron chi connectivity index (χ2n) is 4.28. The van der Waals surface area contributed by atoms with Crippen molar-refractivity contribution in [3.63, 3.8) is 0 Å². The minimum atomic E-state index is -0.481. The largest absolute Gasteiger partial charge is 0.497 e. The summed E-state index contributed by atoms with van der Waals surface area (Å²) in [5.41, 5.74) is 3.43. The Morgan fingerprint density at radius 2 is 2.00 bits per heavy atom. The van der Waals surface area contributed by atoms with Gasteiger partial charge < -0.3 is 4.74 Å². The third-order valence-corrected chi connectivity index (χ3v) is 2.82. The number of rotatable bonds is 5. The standard InChI is InChI=1S/C15H13N3O4/c1-22-14-4-2-3-12(9-14)15(19)17-16-10-11-5-7-13(8-6-11)18(20)21/h2-10H,1H3,(H,17,19). The highest BCUT2D eigenvalue weighted by atomic mass is 16.6. The van der Waals surface area contributed by atoms with Crippen LogP contribution in [0.4, 0.5) is 5.69 Å². The van der Waals surface area contributed by atoms with Gasteiger partial charge in [0.25, 0.3) is 11.6 Å². The molecular weight excluding hydrogens is 286 g/mol. The Morgan fingerprint density at radius 3 is 2.64 bits per heavy atom. The second kappa shape index (κ2) is 6.98. The van der Waals surface area contributed by atoms with Gasteiger partial charge in [-0.25, -0.2) is 5.43 Å². The van der Waals surface area contributed by atoms with Crippen LogP contribution >= 0.6 is 0 Å². The molecule has 2 aromatic rings. The number of carbonyl (C=O) groups excluding carboxylic acids is 1. The average molecular weight is 299 g/mol. The molecule has 0 fully saturated rings. The van der Waals surface area contributed by atoms with E-state index < -0.39 is 4.92 Å². The quantitative estimate of drug-likeness (QED) is 0.521. The van der Waals surface area contributed by atoms with E-state index in [9.17, 15) is 14.9 Å². The van der Waals surface area contributed by atoms with E-state index in [0.29, 0.717) is 16.9 Å². The van der Waals surface area contributed by atoms with Gasteiger partial charge in [-0.15, -0.1) is 0 Å². The maximum absolute atomic E-state index is 11.9. The fraction of sp³-hybridized carbons (Fsp3) is 0.0667. The van der Waals surface area contributed by atoms with Crippen molar-refractivity contribution in [1.29, 1.82) is 0 Å². The molecule has 0 bridgehead atoms. The Balaban J connectivity index is 1.99. The highest BCUT2D eigenvalue weighted by Gasteiger charge is 2.05. The molecule has 0 radical (unpaired) electrons. The molecule has 2 rings (SSSR count). The molecule has 7 nitrogen and oxygen atoms in total. The van der Waals surface area contributed by atoms with Crippen molar-refractivity contribution in [2.24, 2.45) is 5.10 Å². The van der Waals surface area contributed by atoms with Gasteiger partial charge in [0, 0.05) is 17.7 Å². The zero-order valence-corrected chi connectivity index (χ0v) is 11.7. The molecule has 1 N–H and O–H groups in total. The van der Waals surface area contributed by atoms with Crippen molar-refractivity contribution in [1.82, 2.24) is 5.43 Å². The SMILES string of the molecule is COc1cccc(C(=O)NN=Cc2ccc([N+](=O)[O-])cc2)c1. The number of nitro groups is 1. The van der Waals surface area contributed by atoms with Crippen molar-refractivity contribution in [3.05, 3.63) is 69.8 Å². The first-order valence-electron chi connectivity index (χ1n) is 6.32. The summed E-state index contributed by atoms with van der Waals surface area (Å²) in [7, 11) is 1.52. The van der Waals surface area contributed by atoms with Crippen LogP contribution in [0, 0.1) is 10.1 Å². The van der Waals surface area contributed by atoms with Crippen LogP contribution in [0.2, 0.25) is 0 Å². The molecule has 1 amide bonds. The van der Waals surface area contributed by atoms with Gasteiger partial charge in [-0.05, 0) is 35.9 Å². The van der Waals surface area contributed by atoms with Crippen molar-refractivity contribution in [2.75, 3.05) is 7.11 Å². The Bertz CT molecular complexity index is 711. The van der Waals surface area contributed by atoms with Gasteiger partial charge in [-0.1, -0.05) is 6.07 Å². The lowest BCUT2D eigenvalue weighted by molar-refractivity contribution is -0.384. The first-order valence-corrected chi connectivity index (χ1v) is 6.32. The number of nitro benzene ring substituents is 1. The van der Waals surface area contributed by atoms with Crippen molar-refractivity contribution in [3.8, 4) is 5.75 Å². The fourth-order valence-electron chi connectivity index (χ4n) is 1.68. The molecule has 0 saturated heterocycles. The van der Waals surface area contributed by atoms with Crippen LogP contribution in [0.25, 0.3) is 0 Å². The highest BCUT2D eigenvalue weighted by Crippen LogP contribution is 2.12. The smallest absolute Gasteiger partial charge is 0.271 e. The summed E-state index contributed by atoms with van der Waals surface area (Å²) >= 11 is 0. The molecule has 0 aliphatic heterocycles. The summed E-state index contributed by atoms with van der Waals surface area (Å²) in [5, 5.41) is 14.3. The summed E-state index contributed by atoms with van der Waals surface area (Å²) in [6, 6.07) is 12.5. The van der Waals surface area contributed by atoms with Crippen molar-refractivity contribution < 1.29 is 14.5 Å². The van der Waals surface area contributed by atoms with Crippen LogP contribution in [0.1, 0.15) is 15.9 Å². The molecule has 0 aliphatic rings. The molecule has 0 heterocycles. The zero-order chi connectivity index (χ0) is 15.9. The maximum atomic E-state index is 11.9. The van der Waals surface area contributed by atoms with Crippen LogP contribution in [0.15, 0.2) is 53.6 Å². The predicted molar refractivity (Wildman–Crippen MR) is 81.2 cm³/mol. The predicted octanol–water partition coefficient (Wildman–Crippen LogP) is 2.37. The second-order valence-corrected chi connectivity index (χ2v) is 4.28. The van der Waals surface area contributed by atoms with Crippen LogP contribution in [0.5, 0.6) is 5.75 Å². The van der Waals surface area contributed by atoms with Gasteiger partial charge >= 0.3 is 0 Å². The molecule has 0 spiro atoms. The van der Waals surface area contributed by atoms with Gasteiger partial charge in [0.15, 0.2) is 0 Å². The molecule has 7 heteroatoms. The summed E-state index contributed by atoms with van der Waals surface area (Å²) in [6.45, 7) is 0. The Morgan fingerprint density at radius 1 is 1.27 bits per heavy atom. The lowest BCUT2D eigenvalue weighted by Gasteiger charge is -2.02. The first-order chi connectivity index (χ1) is 10.6. The molecule has 0 unspecified atom stereocenters. The Labute approximate surface area is 126 Å². The molecule has 0 aromatic heterocycles. The molecule has 0 saturated carbocycles. The Kier molecular flexibility index (Phi) is 4.81. The molecule has 22 heavy (non-hydrogen) atoms. The number of amides is 1. The highest BCUT2D eigenvalue weighted by molar-refractivity contribution is 5.95. The number of hydrogen-bond acceptors (Lipinski definition) is 5. The van der Waals surface area contributed by atoms with E-state index in [0.717, 1.165) is 0 Å². The maximum Gasteiger partial charge on any atom is 0.271 e. The number of hydrogen-bond donors (Lipinski definition) is 1. The van der Waals surface area contributed by atoms with Gasteiger partial charge in [0.05, 0.1) is 18.2 Å². The zero-order valence-electron chi connectivity index (χ0n) is 11.7. The number of hydrazone groups is 1. The number of methoxy groups -OCH3 is 1. The monoisotopic (exact) mass is 299 g/mol. The summed E-state index contributed by atoms with van der Waals surface area (Å²) in [4.78, 5) is 21.9. The van der Waals surface area contributed by atoms with Crippen LogP contribution in [-0.4, -0.2) is 24.2 Å². The number of ether oxygens (including phenoxy) is 1. The van der Waals surface area contributed by atoms with Crippen molar-refractivity contribution in [2.45, 2.75) is 0 Å². The van der Waals surface area contributed by atoms with E-state index in [1.54, 1.807) is 36.4 Å². The molecule has 0 atom stereocenters. The third-order valence-electron chi connectivity index (χ3n) is 2.82. The third kappa shape index (κ3) is 3.89. The van der Waals surface area contributed by atoms with Gasteiger partial charge in [-0.2, -0.15) is 5.10 Å². The van der Waals surface area contributed by atoms with E-state index in [4.69, 9.17) is 4.74 Å². The summed E-state index contributed by atoms with van der Waals surface area (Å²) in [5.74, 6) is 0.198. The van der Waals surface area contributed by atoms with Crippen molar-refractivity contribution >= 4 is 17.8 Å². The van der Waals surface area contributed by atoms with Gasteiger partial charge in [0.2, 0.25) is 0 Å². The summed E-state index contributed by atoms with van der Waals surface area (Å²) < 4.78 is 5.04. The van der Waals surface area contributed by atoms with E-state index in [-0.39, 0.29) is 11.6 Å². The summed E-state index contributed by atoms with van der Waals surface area (Å²) in [6.07, 6.45) is 1.40. The van der Waals surface area contributed by atoms with E-state index in [1.807, 2.05) is 0 Å². The first kappa shape index (κ1) is 15.2. The van der Waals surface area contributed by atoms with Gasteiger partial charge in [-0.3, -0.25) is 14.9 Å². The van der Waals surface area contributed by atoms with E-state index in [2.05, 4.69) is 10.5 Å². The average Bonchev–Trinajstić information content (AvgIpc) is 2.55. The number of nitrogens with zero attached hydrogens (tertiary/aromatic N) is 2. The minimum absolute atomic E-state index is 0.00225. The molecule has 0 aliphatic carbocycles.